The van der Waals surface area contributed by atoms with Crippen LogP contribution in [0.2, 0.25) is 0 Å². The molecule has 1 unspecified atom stereocenters. The van der Waals surface area contributed by atoms with E-state index in [4.69, 9.17) is 4.74 Å². The Morgan fingerprint density at radius 1 is 1.35 bits per heavy atom. The molecule has 0 amide bonds. The molecule has 0 radical (unpaired) electrons. The van der Waals surface area contributed by atoms with E-state index in [-0.39, 0.29) is 6.10 Å². The van der Waals surface area contributed by atoms with E-state index >= 15 is 0 Å². The number of benzene rings is 1. The number of ether oxygens (including phenoxy) is 1. The summed E-state index contributed by atoms with van der Waals surface area (Å²) in [7, 11) is 0. The Hall–Kier alpha value is -1.61. The highest BCUT2D eigenvalue weighted by Crippen LogP contribution is 2.23. The van der Waals surface area contributed by atoms with Gasteiger partial charge in [-0.25, -0.2) is 0 Å². The molecule has 3 heteroatoms. The maximum absolute atomic E-state index is 9.49. The number of rotatable bonds is 4. The first kappa shape index (κ1) is 11.9. The minimum Gasteiger partial charge on any atom is -0.494 e. The first-order chi connectivity index (χ1) is 8.20. The second-order valence-electron chi connectivity index (χ2n) is 4.14. The van der Waals surface area contributed by atoms with Crippen molar-refractivity contribution in [2.24, 2.45) is 0 Å². The molecule has 17 heavy (non-hydrogen) atoms. The van der Waals surface area contributed by atoms with Crippen molar-refractivity contribution in [2.45, 2.75) is 26.4 Å². The molecule has 2 rings (SSSR count). The van der Waals surface area contributed by atoms with Crippen molar-refractivity contribution < 1.29 is 9.84 Å². The monoisotopic (exact) mass is 231 g/mol. The molecule has 1 heterocycles. The van der Waals surface area contributed by atoms with Gasteiger partial charge in [0.05, 0.1) is 18.2 Å². The fourth-order valence-corrected chi connectivity index (χ4v) is 1.93. The van der Waals surface area contributed by atoms with E-state index in [1.807, 2.05) is 31.2 Å². The lowest BCUT2D eigenvalue weighted by atomic mass is 10.0. The van der Waals surface area contributed by atoms with Gasteiger partial charge in [0.25, 0.3) is 0 Å². The van der Waals surface area contributed by atoms with Crippen LogP contribution in [0.1, 0.15) is 19.4 Å². The van der Waals surface area contributed by atoms with Gasteiger partial charge in [0.2, 0.25) is 0 Å². The Morgan fingerprint density at radius 3 is 2.88 bits per heavy atom. The number of nitrogens with zero attached hydrogens (tertiary/aromatic N) is 1. The average molecular weight is 231 g/mol. The molecule has 3 nitrogen and oxygen atoms in total. The third-order valence-electron chi connectivity index (χ3n) is 2.63. The predicted molar refractivity (Wildman–Crippen MR) is 68.3 cm³/mol. The molecule has 0 aliphatic rings. The summed E-state index contributed by atoms with van der Waals surface area (Å²) in [5.41, 5.74) is 2.04. The summed E-state index contributed by atoms with van der Waals surface area (Å²) in [5.74, 6) is 0.847. The van der Waals surface area contributed by atoms with E-state index < -0.39 is 0 Å². The fourth-order valence-electron chi connectivity index (χ4n) is 1.93. The molecular formula is C14H17NO2. The second-order valence-corrected chi connectivity index (χ2v) is 4.14. The summed E-state index contributed by atoms with van der Waals surface area (Å²) in [4.78, 5) is 4.31. The maximum Gasteiger partial charge on any atom is 0.120 e. The lowest BCUT2D eigenvalue weighted by molar-refractivity contribution is 0.196. The van der Waals surface area contributed by atoms with Crippen molar-refractivity contribution in [3.05, 3.63) is 36.0 Å². The Balaban J connectivity index is 2.47. The second kappa shape index (κ2) is 5.15. The first-order valence-corrected chi connectivity index (χ1v) is 5.89. The van der Waals surface area contributed by atoms with E-state index in [9.17, 15) is 5.11 Å². The SMILES string of the molecule is CCOc1ccc2nccc(CC(C)O)c2c1. The van der Waals surface area contributed by atoms with Gasteiger partial charge in [0.1, 0.15) is 5.75 Å². The van der Waals surface area contributed by atoms with E-state index in [0.717, 1.165) is 22.2 Å². The highest BCUT2D eigenvalue weighted by Gasteiger charge is 2.06. The highest BCUT2D eigenvalue weighted by atomic mass is 16.5. The molecule has 0 bridgehead atoms. The molecule has 1 N–H and O–H groups in total. The lowest BCUT2D eigenvalue weighted by Crippen LogP contribution is -2.05. The van der Waals surface area contributed by atoms with Crippen molar-refractivity contribution in [1.29, 1.82) is 0 Å². The van der Waals surface area contributed by atoms with Crippen molar-refractivity contribution in [3.63, 3.8) is 0 Å². The largest absolute Gasteiger partial charge is 0.494 e. The molecule has 90 valence electrons. The van der Waals surface area contributed by atoms with Crippen LogP contribution in [-0.4, -0.2) is 22.8 Å². The number of pyridine rings is 1. The molecule has 0 aliphatic heterocycles. The van der Waals surface area contributed by atoms with Crippen LogP contribution in [0.15, 0.2) is 30.5 Å². The van der Waals surface area contributed by atoms with E-state index in [0.29, 0.717) is 13.0 Å². The number of aliphatic hydroxyl groups is 1. The number of aliphatic hydroxyl groups excluding tert-OH is 1. The molecule has 1 aromatic carbocycles. The Morgan fingerprint density at radius 2 is 2.18 bits per heavy atom. The van der Waals surface area contributed by atoms with Crippen molar-refractivity contribution >= 4 is 10.9 Å². The van der Waals surface area contributed by atoms with Gasteiger partial charge in [0.15, 0.2) is 0 Å². The van der Waals surface area contributed by atoms with Gasteiger partial charge in [0, 0.05) is 11.6 Å². The van der Waals surface area contributed by atoms with Crippen LogP contribution in [0.25, 0.3) is 10.9 Å². The van der Waals surface area contributed by atoms with Crippen LogP contribution in [0.4, 0.5) is 0 Å². The molecular weight excluding hydrogens is 214 g/mol. The van der Waals surface area contributed by atoms with Crippen molar-refractivity contribution in [1.82, 2.24) is 4.98 Å². The summed E-state index contributed by atoms with van der Waals surface area (Å²) in [6.45, 7) is 4.40. The molecule has 0 spiro atoms. The Labute approximate surface area is 101 Å². The predicted octanol–water partition coefficient (Wildman–Crippen LogP) is 2.56. The van der Waals surface area contributed by atoms with Gasteiger partial charge in [-0.15, -0.1) is 0 Å². The van der Waals surface area contributed by atoms with Crippen LogP contribution in [0.3, 0.4) is 0 Å². The number of hydrogen-bond acceptors (Lipinski definition) is 3. The highest BCUT2D eigenvalue weighted by molar-refractivity contribution is 5.83. The van der Waals surface area contributed by atoms with Gasteiger partial charge in [-0.2, -0.15) is 0 Å². The average Bonchev–Trinajstić information content (AvgIpc) is 2.29. The number of hydrogen-bond donors (Lipinski definition) is 1. The lowest BCUT2D eigenvalue weighted by Gasteiger charge is -2.09. The fraction of sp³-hybridized carbons (Fsp3) is 0.357. The summed E-state index contributed by atoms with van der Waals surface area (Å²) < 4.78 is 5.48. The van der Waals surface area contributed by atoms with Gasteiger partial charge in [-0.3, -0.25) is 4.98 Å². The maximum atomic E-state index is 9.49. The molecule has 0 aliphatic carbocycles. The van der Waals surface area contributed by atoms with E-state index in [1.54, 1.807) is 13.1 Å². The summed E-state index contributed by atoms with van der Waals surface area (Å²) in [6.07, 6.45) is 2.06. The molecule has 2 aromatic rings. The van der Waals surface area contributed by atoms with Crippen LogP contribution in [0.5, 0.6) is 5.75 Å². The normalized spacial score (nSPS) is 12.6. The van der Waals surface area contributed by atoms with Crippen molar-refractivity contribution in [2.75, 3.05) is 6.61 Å². The first-order valence-electron chi connectivity index (χ1n) is 5.89. The van der Waals surface area contributed by atoms with Gasteiger partial charge >= 0.3 is 0 Å². The summed E-state index contributed by atoms with van der Waals surface area (Å²) in [6, 6.07) is 7.81. The summed E-state index contributed by atoms with van der Waals surface area (Å²) in [5, 5.41) is 10.5. The zero-order valence-electron chi connectivity index (χ0n) is 10.2. The minimum atomic E-state index is -0.351. The van der Waals surface area contributed by atoms with Crippen LogP contribution in [-0.2, 0) is 6.42 Å². The Kier molecular flexibility index (Phi) is 3.59. The number of fused-ring (bicyclic) bond motifs is 1. The molecule has 1 atom stereocenters. The quantitative estimate of drug-likeness (QED) is 0.879. The smallest absolute Gasteiger partial charge is 0.120 e. The summed E-state index contributed by atoms with van der Waals surface area (Å²) >= 11 is 0. The van der Waals surface area contributed by atoms with Gasteiger partial charge < -0.3 is 9.84 Å². The molecule has 0 saturated heterocycles. The number of aromatic nitrogens is 1. The molecule has 1 aromatic heterocycles. The Bertz CT molecular complexity index is 509. The zero-order chi connectivity index (χ0) is 12.3. The van der Waals surface area contributed by atoms with E-state index in [2.05, 4.69) is 4.98 Å². The molecule has 0 fully saturated rings. The molecule has 0 saturated carbocycles. The van der Waals surface area contributed by atoms with Crippen LogP contribution < -0.4 is 4.74 Å². The zero-order valence-corrected chi connectivity index (χ0v) is 10.2. The van der Waals surface area contributed by atoms with Crippen LogP contribution in [0, 0.1) is 0 Å². The van der Waals surface area contributed by atoms with Crippen LogP contribution >= 0.6 is 0 Å². The van der Waals surface area contributed by atoms with E-state index in [1.165, 1.54) is 0 Å². The third kappa shape index (κ3) is 2.74. The van der Waals surface area contributed by atoms with Gasteiger partial charge in [-0.05, 0) is 50.1 Å². The topological polar surface area (TPSA) is 42.4 Å². The minimum absolute atomic E-state index is 0.351. The third-order valence-corrected chi connectivity index (χ3v) is 2.63. The standard InChI is InChI=1S/C14H17NO2/c1-3-17-12-4-5-14-13(9-12)11(6-7-15-14)8-10(2)16/h4-7,9-10,16H,3,8H2,1-2H3. The van der Waals surface area contributed by atoms with Crippen molar-refractivity contribution in [3.8, 4) is 5.75 Å². The van der Waals surface area contributed by atoms with Gasteiger partial charge in [-0.1, -0.05) is 0 Å².